The van der Waals surface area contributed by atoms with Crippen LogP contribution in [0.15, 0.2) is 53.7 Å². The minimum atomic E-state index is -3.29. The number of rotatable bonds is 10. The number of hydrogen-bond acceptors (Lipinski definition) is 6. The number of halogens is 3. The molecule has 216 valence electrons. The summed E-state index contributed by atoms with van der Waals surface area (Å²) in [6.45, 7) is 6.67. The number of hydrazine groups is 1. The molecule has 0 saturated heterocycles. The maximum Gasteiger partial charge on any atom is 0.407 e. The summed E-state index contributed by atoms with van der Waals surface area (Å²) in [5.74, 6) is -4.24. The van der Waals surface area contributed by atoms with E-state index in [-0.39, 0.29) is 31.6 Å². The number of carbonyl (C=O) groups is 3. The Morgan fingerprint density at radius 3 is 2.50 bits per heavy atom. The van der Waals surface area contributed by atoms with Crippen molar-refractivity contribution in [1.29, 1.82) is 0 Å². The van der Waals surface area contributed by atoms with Crippen LogP contribution in [0.2, 0.25) is 5.02 Å². The molecule has 2 heterocycles. The van der Waals surface area contributed by atoms with E-state index in [4.69, 9.17) is 16.3 Å². The molecule has 12 heteroatoms. The third-order valence-electron chi connectivity index (χ3n) is 6.06. The fraction of sp³-hybridized carbons (Fsp3) is 0.429. The van der Waals surface area contributed by atoms with E-state index in [1.54, 1.807) is 52.0 Å². The zero-order valence-electron chi connectivity index (χ0n) is 22.9. The van der Waals surface area contributed by atoms with Crippen LogP contribution >= 0.6 is 11.6 Å². The van der Waals surface area contributed by atoms with Crippen molar-refractivity contribution in [3.05, 3.63) is 75.6 Å². The molecule has 1 aliphatic rings. The number of hydrogen-bond donors (Lipinski definition) is 3. The third-order valence-corrected chi connectivity index (χ3v) is 6.30. The molecule has 3 rings (SSSR count). The van der Waals surface area contributed by atoms with Crippen molar-refractivity contribution in [2.45, 2.75) is 65.1 Å². The number of ether oxygens (including phenoxy) is 1. The lowest BCUT2D eigenvalue weighted by Crippen LogP contribution is -2.50. The molecule has 2 aromatic rings. The van der Waals surface area contributed by atoms with Crippen molar-refractivity contribution >= 4 is 29.5 Å². The van der Waals surface area contributed by atoms with Crippen LogP contribution in [0.4, 0.5) is 13.6 Å². The SMILES string of the molecule is CC1=C(CC(=O)NCc2cc(Cl)ccc2CNC(=O)OC(C)(C)C)C(=O)N(NCC(F)(F)c2ccccn2)CC1. The molecule has 40 heavy (non-hydrogen) atoms. The summed E-state index contributed by atoms with van der Waals surface area (Å²) in [6, 6.07) is 9.32. The average molecular weight is 578 g/mol. The molecule has 3 amide bonds. The number of nitrogens with zero attached hydrogens (tertiary/aromatic N) is 2. The molecule has 1 aliphatic heterocycles. The van der Waals surface area contributed by atoms with E-state index in [9.17, 15) is 23.2 Å². The Morgan fingerprint density at radius 1 is 1.10 bits per heavy atom. The highest BCUT2D eigenvalue weighted by atomic mass is 35.5. The van der Waals surface area contributed by atoms with Crippen LogP contribution in [0.3, 0.4) is 0 Å². The van der Waals surface area contributed by atoms with Crippen LogP contribution in [0.5, 0.6) is 0 Å². The molecule has 0 saturated carbocycles. The Labute approximate surface area is 237 Å². The molecule has 0 atom stereocenters. The number of carbonyl (C=O) groups excluding carboxylic acids is 3. The molecule has 1 aromatic carbocycles. The van der Waals surface area contributed by atoms with Crippen molar-refractivity contribution in [1.82, 2.24) is 26.1 Å². The normalized spacial score (nSPS) is 14.3. The van der Waals surface area contributed by atoms with E-state index in [0.717, 1.165) is 16.1 Å². The van der Waals surface area contributed by atoms with Crippen LogP contribution in [-0.4, -0.2) is 46.6 Å². The zero-order valence-corrected chi connectivity index (χ0v) is 23.7. The smallest absolute Gasteiger partial charge is 0.407 e. The molecular formula is C28H34ClF2N5O4. The second kappa shape index (κ2) is 13.2. The van der Waals surface area contributed by atoms with Crippen LogP contribution in [0.1, 0.15) is 57.4 Å². The number of benzene rings is 1. The second-order valence-electron chi connectivity index (χ2n) is 10.4. The highest BCUT2D eigenvalue weighted by Gasteiger charge is 2.35. The van der Waals surface area contributed by atoms with Gasteiger partial charge in [-0.1, -0.05) is 29.3 Å². The van der Waals surface area contributed by atoms with Crippen molar-refractivity contribution in [2.24, 2.45) is 0 Å². The first kappa shape index (κ1) is 31.0. The molecule has 0 aliphatic carbocycles. The van der Waals surface area contributed by atoms with Gasteiger partial charge in [-0.15, -0.1) is 0 Å². The van der Waals surface area contributed by atoms with Crippen LogP contribution in [0, 0.1) is 0 Å². The maximum absolute atomic E-state index is 14.5. The Kier molecular flexibility index (Phi) is 10.2. The van der Waals surface area contributed by atoms with E-state index >= 15 is 0 Å². The van der Waals surface area contributed by atoms with Gasteiger partial charge in [-0.3, -0.25) is 19.6 Å². The summed E-state index contributed by atoms with van der Waals surface area (Å²) in [5, 5.41) is 7.03. The number of alkyl halides is 2. The molecule has 0 spiro atoms. The van der Waals surface area contributed by atoms with E-state index in [0.29, 0.717) is 17.0 Å². The van der Waals surface area contributed by atoms with Gasteiger partial charge in [0.05, 0.1) is 13.0 Å². The van der Waals surface area contributed by atoms with Gasteiger partial charge >= 0.3 is 12.0 Å². The zero-order chi connectivity index (χ0) is 29.5. The van der Waals surface area contributed by atoms with E-state index < -0.39 is 41.7 Å². The van der Waals surface area contributed by atoms with Crippen LogP contribution in [0.25, 0.3) is 0 Å². The van der Waals surface area contributed by atoms with Crippen molar-refractivity contribution in [3.8, 4) is 0 Å². The Balaban J connectivity index is 1.58. The fourth-order valence-corrected chi connectivity index (χ4v) is 4.14. The van der Waals surface area contributed by atoms with Gasteiger partial charge in [0.25, 0.3) is 5.91 Å². The minimum Gasteiger partial charge on any atom is -0.444 e. The van der Waals surface area contributed by atoms with Gasteiger partial charge in [0.2, 0.25) is 5.91 Å². The van der Waals surface area contributed by atoms with Crippen molar-refractivity contribution in [3.63, 3.8) is 0 Å². The van der Waals surface area contributed by atoms with Gasteiger partial charge in [0, 0.05) is 36.4 Å². The van der Waals surface area contributed by atoms with Crippen LogP contribution in [-0.2, 0) is 33.3 Å². The molecule has 1 aromatic heterocycles. The summed E-state index contributed by atoms with van der Waals surface area (Å²) in [6.07, 6.45) is 0.922. The molecule has 0 bridgehead atoms. The first-order valence-corrected chi connectivity index (χ1v) is 13.2. The molecule has 0 unspecified atom stereocenters. The summed E-state index contributed by atoms with van der Waals surface area (Å²) in [4.78, 5) is 41.6. The van der Waals surface area contributed by atoms with Crippen molar-refractivity contribution in [2.75, 3.05) is 13.1 Å². The lowest BCUT2D eigenvalue weighted by molar-refractivity contribution is -0.134. The third kappa shape index (κ3) is 8.99. The summed E-state index contributed by atoms with van der Waals surface area (Å²) in [5.41, 5.74) is 3.84. The molecular weight excluding hydrogens is 544 g/mol. The van der Waals surface area contributed by atoms with Gasteiger partial charge in [0.15, 0.2) is 0 Å². The quantitative estimate of drug-likeness (QED) is 0.380. The average Bonchev–Trinajstić information content (AvgIpc) is 2.88. The molecule has 0 fully saturated rings. The summed E-state index contributed by atoms with van der Waals surface area (Å²) >= 11 is 6.15. The minimum absolute atomic E-state index is 0.101. The van der Waals surface area contributed by atoms with E-state index in [1.807, 2.05) is 0 Å². The standard InChI is InChI=1S/C28H34ClF2N5O4/c1-18-10-12-36(35-17-28(30,31)23-7-5-6-11-32-23)25(38)22(18)14-24(37)33-16-20-13-21(29)9-8-19(20)15-34-26(39)40-27(2,3)4/h5-9,11,13,35H,10,12,14-17H2,1-4H3,(H,33,37)(H,34,39). The van der Waals surface area contributed by atoms with Gasteiger partial charge in [-0.25, -0.2) is 10.2 Å². The summed E-state index contributed by atoms with van der Waals surface area (Å²) < 4.78 is 34.3. The monoisotopic (exact) mass is 577 g/mol. The predicted molar refractivity (Wildman–Crippen MR) is 146 cm³/mol. The first-order chi connectivity index (χ1) is 18.7. The maximum atomic E-state index is 14.5. The number of aromatic nitrogens is 1. The number of alkyl carbamates (subject to hydrolysis) is 1. The van der Waals surface area contributed by atoms with Gasteiger partial charge in [-0.05, 0) is 69.5 Å². The molecule has 0 radical (unpaired) electrons. The fourth-order valence-electron chi connectivity index (χ4n) is 3.95. The molecule has 3 N–H and O–H groups in total. The largest absolute Gasteiger partial charge is 0.444 e. The lowest BCUT2D eigenvalue weighted by atomic mass is 9.98. The van der Waals surface area contributed by atoms with Crippen LogP contribution < -0.4 is 16.1 Å². The van der Waals surface area contributed by atoms with E-state index in [2.05, 4.69) is 21.0 Å². The highest BCUT2D eigenvalue weighted by Crippen LogP contribution is 2.26. The Hall–Kier alpha value is -3.57. The number of nitrogens with one attached hydrogen (secondary N) is 3. The lowest BCUT2D eigenvalue weighted by Gasteiger charge is -2.31. The Morgan fingerprint density at radius 2 is 1.82 bits per heavy atom. The first-order valence-electron chi connectivity index (χ1n) is 12.8. The van der Waals surface area contributed by atoms with Crippen molar-refractivity contribution < 1.29 is 27.9 Å². The summed E-state index contributed by atoms with van der Waals surface area (Å²) in [7, 11) is 0. The van der Waals surface area contributed by atoms with E-state index in [1.165, 1.54) is 18.3 Å². The number of pyridine rings is 1. The Bertz CT molecular complexity index is 1270. The second-order valence-corrected chi connectivity index (χ2v) is 10.9. The van der Waals surface area contributed by atoms with Gasteiger partial charge < -0.3 is 15.4 Å². The molecule has 9 nitrogen and oxygen atoms in total. The highest BCUT2D eigenvalue weighted by molar-refractivity contribution is 6.30. The topological polar surface area (TPSA) is 113 Å². The van der Waals surface area contributed by atoms with Gasteiger partial charge in [-0.2, -0.15) is 8.78 Å². The van der Waals surface area contributed by atoms with Gasteiger partial charge in [0.1, 0.15) is 11.3 Å². The predicted octanol–water partition coefficient (Wildman–Crippen LogP) is 4.61. The number of amides is 3.